The van der Waals surface area contributed by atoms with Crippen molar-refractivity contribution in [3.63, 3.8) is 0 Å². The van der Waals surface area contributed by atoms with Gasteiger partial charge in [-0.2, -0.15) is 0 Å². The van der Waals surface area contributed by atoms with Crippen molar-refractivity contribution in [3.05, 3.63) is 0 Å². The van der Waals surface area contributed by atoms with Crippen molar-refractivity contribution in [3.8, 4) is 0 Å². The molecular weight excluding hydrogens is 134 g/mol. The Bertz CT molecular complexity index is 131. The summed E-state index contributed by atoms with van der Waals surface area (Å²) in [6, 6.07) is 0.956. The fourth-order valence-electron chi connectivity index (χ4n) is 2.87. The highest BCUT2D eigenvalue weighted by Gasteiger charge is 2.30. The highest BCUT2D eigenvalue weighted by atomic mass is 15.1. The van der Waals surface area contributed by atoms with Gasteiger partial charge in [-0.3, -0.25) is 0 Å². The molecule has 1 aliphatic carbocycles. The van der Waals surface area contributed by atoms with E-state index in [1.165, 1.54) is 45.1 Å². The largest absolute Gasteiger partial charge is 0.303 e. The van der Waals surface area contributed by atoms with Gasteiger partial charge in [-0.1, -0.05) is 12.8 Å². The van der Waals surface area contributed by atoms with Crippen LogP contribution in [0.25, 0.3) is 0 Å². The number of rotatable bonds is 0. The minimum absolute atomic E-state index is 0.956. The Morgan fingerprint density at radius 2 is 1.73 bits per heavy atom. The molecule has 1 saturated carbocycles. The molecule has 1 heteroatoms. The molecule has 0 N–H and O–H groups in total. The summed E-state index contributed by atoms with van der Waals surface area (Å²) < 4.78 is 0. The normalized spacial score (nSPS) is 40.1. The summed E-state index contributed by atoms with van der Waals surface area (Å²) in [5, 5.41) is 0. The van der Waals surface area contributed by atoms with Crippen LogP contribution in [-0.4, -0.2) is 24.5 Å². The van der Waals surface area contributed by atoms with E-state index >= 15 is 0 Å². The lowest BCUT2D eigenvalue weighted by atomic mass is 9.79. The Morgan fingerprint density at radius 1 is 1.00 bits per heavy atom. The van der Waals surface area contributed by atoms with Gasteiger partial charge in [0.1, 0.15) is 0 Å². The van der Waals surface area contributed by atoms with Gasteiger partial charge < -0.3 is 4.90 Å². The Balaban J connectivity index is 1.99. The van der Waals surface area contributed by atoms with Gasteiger partial charge in [-0.05, 0) is 45.2 Å². The molecule has 0 bridgehead atoms. The minimum atomic E-state index is 0.956. The summed E-state index contributed by atoms with van der Waals surface area (Å²) in [4.78, 5) is 2.59. The van der Waals surface area contributed by atoms with E-state index in [4.69, 9.17) is 0 Å². The summed E-state index contributed by atoms with van der Waals surface area (Å²) in [7, 11) is 2.31. The van der Waals surface area contributed by atoms with Crippen LogP contribution in [0, 0.1) is 5.92 Å². The smallest absolute Gasteiger partial charge is 0.0120 e. The second-order valence-corrected chi connectivity index (χ2v) is 4.23. The quantitative estimate of drug-likeness (QED) is 0.516. The van der Waals surface area contributed by atoms with Gasteiger partial charge in [0.15, 0.2) is 0 Å². The standard InChI is InChI=1S/C10H19N/c1-11-8-4-6-9-5-2-3-7-10(9)11/h9-10H,2-8H2,1H3/t9-,10+/m0/s1. The average Bonchev–Trinajstić information content (AvgIpc) is 2.06. The Morgan fingerprint density at radius 3 is 2.55 bits per heavy atom. The molecule has 0 radical (unpaired) electrons. The van der Waals surface area contributed by atoms with Gasteiger partial charge >= 0.3 is 0 Å². The Labute approximate surface area is 69.8 Å². The first-order valence-corrected chi connectivity index (χ1v) is 5.08. The summed E-state index contributed by atoms with van der Waals surface area (Å²) in [6.45, 7) is 1.35. The van der Waals surface area contributed by atoms with Gasteiger partial charge in [0.25, 0.3) is 0 Å². The van der Waals surface area contributed by atoms with Crippen LogP contribution in [-0.2, 0) is 0 Å². The van der Waals surface area contributed by atoms with E-state index in [2.05, 4.69) is 11.9 Å². The average molecular weight is 153 g/mol. The molecule has 1 heterocycles. The molecule has 0 aromatic heterocycles. The zero-order valence-electron chi connectivity index (χ0n) is 7.55. The fraction of sp³-hybridized carbons (Fsp3) is 1.00. The van der Waals surface area contributed by atoms with Gasteiger partial charge in [-0.15, -0.1) is 0 Å². The molecular formula is C10H19N. The van der Waals surface area contributed by atoms with E-state index in [-0.39, 0.29) is 0 Å². The second kappa shape index (κ2) is 3.14. The molecule has 0 aromatic rings. The molecule has 2 aliphatic rings. The van der Waals surface area contributed by atoms with Crippen LogP contribution in [0.3, 0.4) is 0 Å². The molecule has 1 nitrogen and oxygen atoms in total. The zero-order chi connectivity index (χ0) is 7.68. The molecule has 2 fully saturated rings. The number of hydrogen-bond acceptors (Lipinski definition) is 1. The summed E-state index contributed by atoms with van der Waals surface area (Å²) >= 11 is 0. The van der Waals surface area contributed by atoms with E-state index in [1.54, 1.807) is 0 Å². The summed E-state index contributed by atoms with van der Waals surface area (Å²) in [5.74, 6) is 1.06. The van der Waals surface area contributed by atoms with Crippen LogP contribution in [0.2, 0.25) is 0 Å². The first-order valence-electron chi connectivity index (χ1n) is 5.08. The second-order valence-electron chi connectivity index (χ2n) is 4.23. The number of piperidine rings is 1. The molecule has 2 rings (SSSR count). The number of fused-ring (bicyclic) bond motifs is 1. The minimum Gasteiger partial charge on any atom is -0.303 e. The molecule has 11 heavy (non-hydrogen) atoms. The van der Waals surface area contributed by atoms with Crippen molar-refractivity contribution in [2.24, 2.45) is 5.92 Å². The van der Waals surface area contributed by atoms with E-state index in [9.17, 15) is 0 Å². The van der Waals surface area contributed by atoms with Gasteiger partial charge in [0.05, 0.1) is 0 Å². The molecule has 0 spiro atoms. The lowest BCUT2D eigenvalue weighted by Crippen LogP contribution is -2.44. The number of hydrogen-bond donors (Lipinski definition) is 0. The topological polar surface area (TPSA) is 3.24 Å². The van der Waals surface area contributed by atoms with E-state index in [0.717, 1.165) is 12.0 Å². The van der Waals surface area contributed by atoms with Gasteiger partial charge in [-0.25, -0.2) is 0 Å². The first-order chi connectivity index (χ1) is 5.38. The van der Waals surface area contributed by atoms with Crippen LogP contribution in [0.1, 0.15) is 38.5 Å². The van der Waals surface area contributed by atoms with Crippen molar-refractivity contribution in [2.45, 2.75) is 44.6 Å². The highest BCUT2D eigenvalue weighted by Crippen LogP contribution is 2.34. The number of likely N-dealkylation sites (tertiary alicyclic amines) is 1. The Hall–Kier alpha value is -0.0400. The maximum absolute atomic E-state index is 2.59. The molecule has 64 valence electrons. The van der Waals surface area contributed by atoms with E-state index in [1.807, 2.05) is 0 Å². The molecule has 1 aliphatic heterocycles. The predicted molar refractivity (Wildman–Crippen MR) is 47.6 cm³/mol. The third-order valence-corrected chi connectivity index (χ3v) is 3.52. The molecule has 0 unspecified atom stereocenters. The van der Waals surface area contributed by atoms with Crippen molar-refractivity contribution >= 4 is 0 Å². The first kappa shape index (κ1) is 7.60. The molecule has 2 atom stereocenters. The lowest BCUT2D eigenvalue weighted by Gasteiger charge is -2.42. The van der Waals surface area contributed by atoms with Crippen LogP contribution < -0.4 is 0 Å². The molecule has 0 amide bonds. The lowest BCUT2D eigenvalue weighted by molar-refractivity contribution is 0.0841. The third-order valence-electron chi connectivity index (χ3n) is 3.52. The Kier molecular flexibility index (Phi) is 2.17. The number of nitrogens with zero attached hydrogens (tertiary/aromatic N) is 1. The SMILES string of the molecule is CN1CCC[C@@H]2CCCC[C@H]21. The predicted octanol–water partition coefficient (Wildman–Crippen LogP) is 2.27. The van der Waals surface area contributed by atoms with Crippen LogP contribution in [0.4, 0.5) is 0 Å². The molecule has 1 saturated heterocycles. The zero-order valence-corrected chi connectivity index (χ0v) is 7.55. The van der Waals surface area contributed by atoms with Crippen LogP contribution in [0.5, 0.6) is 0 Å². The molecule has 0 aromatic carbocycles. The monoisotopic (exact) mass is 153 g/mol. The summed E-state index contributed by atoms with van der Waals surface area (Å²) in [6.07, 6.45) is 8.91. The van der Waals surface area contributed by atoms with Gasteiger partial charge in [0, 0.05) is 6.04 Å². The van der Waals surface area contributed by atoms with E-state index in [0.29, 0.717) is 0 Å². The van der Waals surface area contributed by atoms with E-state index < -0.39 is 0 Å². The maximum atomic E-state index is 2.59. The van der Waals surface area contributed by atoms with Crippen molar-refractivity contribution < 1.29 is 0 Å². The maximum Gasteiger partial charge on any atom is 0.0120 e. The highest BCUT2D eigenvalue weighted by molar-refractivity contribution is 4.85. The summed E-state index contributed by atoms with van der Waals surface area (Å²) in [5.41, 5.74) is 0. The fourth-order valence-corrected chi connectivity index (χ4v) is 2.87. The van der Waals surface area contributed by atoms with Crippen molar-refractivity contribution in [2.75, 3.05) is 13.6 Å². The van der Waals surface area contributed by atoms with Crippen molar-refractivity contribution in [1.29, 1.82) is 0 Å². The van der Waals surface area contributed by atoms with Gasteiger partial charge in [0.2, 0.25) is 0 Å². The van der Waals surface area contributed by atoms with Crippen LogP contribution >= 0.6 is 0 Å². The van der Waals surface area contributed by atoms with Crippen molar-refractivity contribution in [1.82, 2.24) is 4.90 Å². The van der Waals surface area contributed by atoms with Crippen LogP contribution in [0.15, 0.2) is 0 Å². The third kappa shape index (κ3) is 1.44.